The van der Waals surface area contributed by atoms with Crippen LogP contribution in [0.15, 0.2) is 24.3 Å². The largest absolute Gasteiger partial charge is 0.338 e. The lowest BCUT2D eigenvalue weighted by Crippen LogP contribution is -2.41. The molecule has 1 saturated carbocycles. The summed E-state index contributed by atoms with van der Waals surface area (Å²) in [6.45, 7) is 3.32. The summed E-state index contributed by atoms with van der Waals surface area (Å²) in [5.74, 6) is 0.187. The molecule has 0 saturated heterocycles. The van der Waals surface area contributed by atoms with E-state index in [4.69, 9.17) is 17.3 Å². The molecule has 0 radical (unpaired) electrons. The molecule has 1 aromatic rings. The van der Waals surface area contributed by atoms with Gasteiger partial charge in [-0.25, -0.2) is 0 Å². The summed E-state index contributed by atoms with van der Waals surface area (Å²) in [4.78, 5) is 14.4. The zero-order valence-electron chi connectivity index (χ0n) is 11.3. The van der Waals surface area contributed by atoms with Crippen molar-refractivity contribution in [1.82, 2.24) is 4.90 Å². The maximum atomic E-state index is 12.5. The van der Waals surface area contributed by atoms with Gasteiger partial charge in [0.2, 0.25) is 5.91 Å². The monoisotopic (exact) mass is 280 g/mol. The molecular weight excluding hydrogens is 260 g/mol. The third kappa shape index (κ3) is 3.48. The fourth-order valence-corrected chi connectivity index (χ4v) is 2.94. The van der Waals surface area contributed by atoms with Gasteiger partial charge in [-0.1, -0.05) is 30.2 Å². The van der Waals surface area contributed by atoms with Crippen LogP contribution < -0.4 is 5.73 Å². The fraction of sp³-hybridized carbons (Fsp3) is 0.533. The molecule has 1 aliphatic rings. The molecule has 2 unspecified atom stereocenters. The second-order valence-corrected chi connectivity index (χ2v) is 5.62. The quantitative estimate of drug-likeness (QED) is 0.922. The summed E-state index contributed by atoms with van der Waals surface area (Å²) in [7, 11) is 0. The first-order valence-electron chi connectivity index (χ1n) is 6.90. The van der Waals surface area contributed by atoms with Crippen LogP contribution in [0.5, 0.6) is 0 Å². The van der Waals surface area contributed by atoms with Crippen LogP contribution in [0, 0.1) is 5.92 Å². The first-order chi connectivity index (χ1) is 9.11. The van der Waals surface area contributed by atoms with Gasteiger partial charge in [0.05, 0.1) is 5.92 Å². The predicted octanol–water partition coefficient (Wildman–Crippen LogP) is 2.82. The summed E-state index contributed by atoms with van der Waals surface area (Å²) >= 11 is 5.98. The van der Waals surface area contributed by atoms with Gasteiger partial charge in [0, 0.05) is 24.2 Å². The third-order valence-corrected chi connectivity index (χ3v) is 4.08. The van der Waals surface area contributed by atoms with E-state index in [1.54, 1.807) is 0 Å². The van der Waals surface area contributed by atoms with Crippen LogP contribution in [-0.2, 0) is 11.3 Å². The van der Waals surface area contributed by atoms with Crippen LogP contribution in [0.1, 0.15) is 31.7 Å². The number of hydrogen-bond acceptors (Lipinski definition) is 2. The van der Waals surface area contributed by atoms with Gasteiger partial charge in [-0.2, -0.15) is 0 Å². The third-order valence-electron chi connectivity index (χ3n) is 3.84. The molecule has 19 heavy (non-hydrogen) atoms. The number of carbonyl (C=O) groups is 1. The summed E-state index contributed by atoms with van der Waals surface area (Å²) < 4.78 is 0. The first kappa shape index (κ1) is 14.4. The zero-order chi connectivity index (χ0) is 13.8. The van der Waals surface area contributed by atoms with Gasteiger partial charge in [-0.05, 0) is 37.5 Å². The minimum absolute atomic E-state index is 0.000802. The molecule has 1 amide bonds. The highest BCUT2D eigenvalue weighted by Crippen LogP contribution is 2.26. The van der Waals surface area contributed by atoms with Crippen LogP contribution in [0.2, 0.25) is 5.02 Å². The van der Waals surface area contributed by atoms with Gasteiger partial charge >= 0.3 is 0 Å². The molecular formula is C15H21ClN2O. The van der Waals surface area contributed by atoms with Gasteiger partial charge in [-0.15, -0.1) is 0 Å². The number of amides is 1. The number of benzene rings is 1. The molecule has 2 atom stereocenters. The Kier molecular flexibility index (Phi) is 4.83. The Morgan fingerprint density at radius 2 is 2.26 bits per heavy atom. The van der Waals surface area contributed by atoms with Gasteiger partial charge in [0.25, 0.3) is 0 Å². The highest BCUT2D eigenvalue weighted by Gasteiger charge is 2.32. The average Bonchev–Trinajstić information content (AvgIpc) is 2.81. The highest BCUT2D eigenvalue weighted by molar-refractivity contribution is 6.30. The average molecular weight is 281 g/mol. The standard InChI is InChI=1S/C15H21ClN2O/c1-2-18(10-11-5-3-6-12(16)9-11)15(19)13-7-4-8-14(13)17/h3,5-6,9,13-14H,2,4,7-8,10,17H2,1H3. The summed E-state index contributed by atoms with van der Waals surface area (Å²) in [6, 6.07) is 7.69. The van der Waals surface area contributed by atoms with E-state index in [1.807, 2.05) is 36.1 Å². The van der Waals surface area contributed by atoms with E-state index in [9.17, 15) is 4.79 Å². The van der Waals surface area contributed by atoms with Crippen molar-refractivity contribution < 1.29 is 4.79 Å². The van der Waals surface area contributed by atoms with Crippen LogP contribution in [0.25, 0.3) is 0 Å². The Balaban J connectivity index is 2.05. The van der Waals surface area contributed by atoms with Crippen molar-refractivity contribution in [1.29, 1.82) is 0 Å². The van der Waals surface area contributed by atoms with Crippen molar-refractivity contribution in [3.05, 3.63) is 34.9 Å². The number of nitrogens with two attached hydrogens (primary N) is 1. The van der Waals surface area contributed by atoms with Crippen molar-refractivity contribution in [2.24, 2.45) is 11.7 Å². The number of hydrogen-bond donors (Lipinski definition) is 1. The molecule has 3 nitrogen and oxygen atoms in total. The predicted molar refractivity (Wildman–Crippen MR) is 77.9 cm³/mol. The van der Waals surface area contributed by atoms with Crippen molar-refractivity contribution in [3.63, 3.8) is 0 Å². The van der Waals surface area contributed by atoms with E-state index >= 15 is 0 Å². The van der Waals surface area contributed by atoms with E-state index in [-0.39, 0.29) is 17.9 Å². The lowest BCUT2D eigenvalue weighted by molar-refractivity contribution is -0.136. The Bertz CT molecular complexity index is 450. The molecule has 4 heteroatoms. The number of halogens is 1. The van der Waals surface area contributed by atoms with Crippen molar-refractivity contribution in [2.75, 3.05) is 6.54 Å². The first-order valence-corrected chi connectivity index (χ1v) is 7.28. The van der Waals surface area contributed by atoms with Crippen LogP contribution in [0.4, 0.5) is 0 Å². The van der Waals surface area contributed by atoms with Crippen molar-refractivity contribution in [3.8, 4) is 0 Å². The number of rotatable bonds is 4. The van der Waals surface area contributed by atoms with Gasteiger partial charge in [0.15, 0.2) is 0 Å². The smallest absolute Gasteiger partial charge is 0.227 e. The van der Waals surface area contributed by atoms with Crippen LogP contribution >= 0.6 is 11.6 Å². The van der Waals surface area contributed by atoms with Crippen LogP contribution in [-0.4, -0.2) is 23.4 Å². The Morgan fingerprint density at radius 1 is 1.47 bits per heavy atom. The number of carbonyl (C=O) groups excluding carboxylic acids is 1. The molecule has 2 N–H and O–H groups in total. The van der Waals surface area contributed by atoms with Gasteiger partial charge < -0.3 is 10.6 Å². The van der Waals surface area contributed by atoms with E-state index in [1.165, 1.54) is 0 Å². The van der Waals surface area contributed by atoms with E-state index < -0.39 is 0 Å². The SMILES string of the molecule is CCN(Cc1cccc(Cl)c1)C(=O)C1CCCC1N. The minimum atomic E-state index is -0.000802. The molecule has 0 heterocycles. The van der Waals surface area contributed by atoms with Gasteiger partial charge in [0.1, 0.15) is 0 Å². The van der Waals surface area contributed by atoms with Crippen molar-refractivity contribution in [2.45, 2.75) is 38.8 Å². The highest BCUT2D eigenvalue weighted by atomic mass is 35.5. The van der Waals surface area contributed by atoms with E-state index in [0.29, 0.717) is 18.1 Å². The zero-order valence-corrected chi connectivity index (χ0v) is 12.1. The normalized spacial score (nSPS) is 22.5. The summed E-state index contributed by atoms with van der Waals surface area (Å²) in [5.41, 5.74) is 7.09. The molecule has 104 valence electrons. The molecule has 2 rings (SSSR count). The second kappa shape index (κ2) is 6.40. The van der Waals surface area contributed by atoms with Crippen LogP contribution in [0.3, 0.4) is 0 Å². The Hall–Kier alpha value is -1.06. The molecule has 0 aliphatic heterocycles. The molecule has 1 fully saturated rings. The lowest BCUT2D eigenvalue weighted by atomic mass is 10.0. The summed E-state index contributed by atoms with van der Waals surface area (Å²) in [6.07, 6.45) is 2.95. The Labute approximate surface area is 119 Å². The maximum absolute atomic E-state index is 12.5. The van der Waals surface area contributed by atoms with Crippen molar-refractivity contribution >= 4 is 17.5 Å². The van der Waals surface area contributed by atoms with E-state index in [2.05, 4.69) is 0 Å². The summed E-state index contributed by atoms with van der Waals surface area (Å²) in [5, 5.41) is 0.707. The minimum Gasteiger partial charge on any atom is -0.338 e. The molecule has 1 aromatic carbocycles. The number of nitrogens with zero attached hydrogens (tertiary/aromatic N) is 1. The van der Waals surface area contributed by atoms with Gasteiger partial charge in [-0.3, -0.25) is 4.79 Å². The second-order valence-electron chi connectivity index (χ2n) is 5.18. The topological polar surface area (TPSA) is 46.3 Å². The molecule has 0 bridgehead atoms. The molecule has 0 spiro atoms. The Morgan fingerprint density at radius 3 is 2.84 bits per heavy atom. The molecule has 0 aromatic heterocycles. The molecule has 1 aliphatic carbocycles. The van der Waals surface area contributed by atoms with E-state index in [0.717, 1.165) is 24.8 Å². The lowest BCUT2D eigenvalue weighted by Gasteiger charge is -2.26. The fourth-order valence-electron chi connectivity index (χ4n) is 2.73. The maximum Gasteiger partial charge on any atom is 0.227 e.